The highest BCUT2D eigenvalue weighted by atomic mass is 16.6. The Bertz CT molecular complexity index is 1200. The Labute approximate surface area is 215 Å². The van der Waals surface area contributed by atoms with Gasteiger partial charge in [0.15, 0.2) is 11.5 Å². The molecule has 0 unspecified atom stereocenters. The summed E-state index contributed by atoms with van der Waals surface area (Å²) in [6.07, 6.45) is 5.46. The summed E-state index contributed by atoms with van der Waals surface area (Å²) in [6, 6.07) is 11.1. The van der Waals surface area contributed by atoms with Gasteiger partial charge >= 0.3 is 0 Å². The number of hydrazone groups is 1. The molecule has 196 valence electrons. The van der Waals surface area contributed by atoms with Crippen molar-refractivity contribution in [2.45, 2.75) is 39.5 Å². The molecule has 0 saturated carbocycles. The quantitative estimate of drug-likeness (QED) is 0.152. The second-order valence-corrected chi connectivity index (χ2v) is 8.17. The number of nitro benzene ring substituents is 1. The van der Waals surface area contributed by atoms with Crippen LogP contribution in [0.3, 0.4) is 0 Å². The number of hydrogen-bond donors (Lipinski definition) is 3. The predicted molar refractivity (Wildman–Crippen MR) is 144 cm³/mol. The molecule has 2 aromatic carbocycles. The summed E-state index contributed by atoms with van der Waals surface area (Å²) >= 11 is 0. The molecule has 0 bridgehead atoms. The molecule has 0 radical (unpaired) electrons. The monoisotopic (exact) mass is 508 g/mol. The Morgan fingerprint density at radius 1 is 1.05 bits per heavy atom. The molecule has 3 N–H and O–H groups in total. The van der Waals surface area contributed by atoms with E-state index in [-0.39, 0.29) is 23.3 Å². The van der Waals surface area contributed by atoms with E-state index in [9.17, 15) is 15.2 Å². The zero-order chi connectivity index (χ0) is 26.6. The van der Waals surface area contributed by atoms with E-state index in [1.807, 2.05) is 0 Å². The number of aromatic hydroxyl groups is 1. The van der Waals surface area contributed by atoms with E-state index in [0.717, 1.165) is 38.8 Å². The number of non-ortho nitro benzene ring substituents is 1. The summed E-state index contributed by atoms with van der Waals surface area (Å²) in [5.74, 6) is 1.26. The lowest BCUT2D eigenvalue weighted by atomic mass is 10.2. The maximum absolute atomic E-state index is 11.0. The van der Waals surface area contributed by atoms with E-state index in [2.05, 4.69) is 49.5 Å². The first kappa shape index (κ1) is 27.1. The number of phenols is 1. The summed E-state index contributed by atoms with van der Waals surface area (Å²) in [5.41, 5.74) is 3.85. The fourth-order valence-electron chi connectivity index (χ4n) is 3.39. The summed E-state index contributed by atoms with van der Waals surface area (Å²) in [7, 11) is 1.48. The largest absolute Gasteiger partial charge is 0.504 e. The van der Waals surface area contributed by atoms with Gasteiger partial charge in [-0.1, -0.05) is 32.8 Å². The lowest BCUT2D eigenvalue weighted by molar-refractivity contribution is -0.384. The highest BCUT2D eigenvalue weighted by Gasteiger charge is 2.14. The number of benzene rings is 2. The highest BCUT2D eigenvalue weighted by molar-refractivity contribution is 5.85. The van der Waals surface area contributed by atoms with Crippen molar-refractivity contribution in [1.29, 1.82) is 0 Å². The summed E-state index contributed by atoms with van der Waals surface area (Å²) < 4.78 is 5.13. The number of methoxy groups -OCH3 is 1. The second-order valence-electron chi connectivity index (χ2n) is 8.17. The van der Waals surface area contributed by atoms with Crippen LogP contribution < -0.4 is 20.4 Å². The Hall–Kier alpha value is -4.48. The van der Waals surface area contributed by atoms with Gasteiger partial charge in [-0.25, -0.2) is 5.43 Å². The average Bonchev–Trinajstić information content (AvgIpc) is 2.90. The van der Waals surface area contributed by atoms with Crippen molar-refractivity contribution in [3.63, 3.8) is 0 Å². The molecule has 0 aliphatic carbocycles. The van der Waals surface area contributed by atoms with Crippen LogP contribution in [-0.2, 0) is 0 Å². The van der Waals surface area contributed by atoms with Gasteiger partial charge in [0.1, 0.15) is 0 Å². The third kappa shape index (κ3) is 7.75. The van der Waals surface area contributed by atoms with Gasteiger partial charge in [-0.05, 0) is 37.1 Å². The molecule has 12 nitrogen and oxygen atoms in total. The van der Waals surface area contributed by atoms with Crippen LogP contribution in [0.1, 0.15) is 45.1 Å². The Balaban J connectivity index is 1.90. The van der Waals surface area contributed by atoms with Gasteiger partial charge in [-0.15, -0.1) is 0 Å². The first-order valence-corrected chi connectivity index (χ1v) is 12.1. The summed E-state index contributed by atoms with van der Waals surface area (Å²) in [4.78, 5) is 26.2. The van der Waals surface area contributed by atoms with Crippen molar-refractivity contribution in [3.05, 3.63) is 58.1 Å². The molecule has 0 aliphatic heterocycles. The highest BCUT2D eigenvalue weighted by Crippen LogP contribution is 2.28. The number of para-hydroxylation sites is 1. The molecule has 0 atom stereocenters. The number of ether oxygens (including phenoxy) is 1. The van der Waals surface area contributed by atoms with Crippen molar-refractivity contribution in [3.8, 4) is 11.5 Å². The van der Waals surface area contributed by atoms with Crippen LogP contribution in [0.2, 0.25) is 0 Å². The number of aromatic nitrogens is 3. The van der Waals surface area contributed by atoms with Crippen LogP contribution in [-0.4, -0.2) is 51.4 Å². The number of unbranched alkanes of at least 4 members (excludes halogenated alkanes) is 2. The van der Waals surface area contributed by atoms with Crippen LogP contribution in [0.5, 0.6) is 11.5 Å². The molecule has 1 heterocycles. The number of nitrogens with zero attached hydrogens (tertiary/aromatic N) is 6. The van der Waals surface area contributed by atoms with Crippen molar-refractivity contribution < 1.29 is 14.8 Å². The number of rotatable bonds is 14. The van der Waals surface area contributed by atoms with Crippen molar-refractivity contribution >= 4 is 35.4 Å². The first-order chi connectivity index (χ1) is 17.9. The minimum atomic E-state index is -0.454. The van der Waals surface area contributed by atoms with Crippen LogP contribution in [0.4, 0.5) is 29.2 Å². The Kier molecular flexibility index (Phi) is 9.94. The number of anilines is 4. The zero-order valence-corrected chi connectivity index (χ0v) is 21.2. The molecule has 0 aliphatic rings. The normalized spacial score (nSPS) is 10.9. The van der Waals surface area contributed by atoms with Gasteiger partial charge in [0.2, 0.25) is 17.8 Å². The molecule has 3 aromatic rings. The van der Waals surface area contributed by atoms with Gasteiger partial charge in [0.25, 0.3) is 5.69 Å². The van der Waals surface area contributed by atoms with E-state index in [1.165, 1.54) is 25.5 Å². The van der Waals surface area contributed by atoms with Crippen LogP contribution in [0.15, 0.2) is 47.6 Å². The van der Waals surface area contributed by atoms with Crippen molar-refractivity contribution in [1.82, 2.24) is 15.0 Å². The standard InChI is InChI=1S/C25H32N8O4/c1-4-6-15-32(16-7-5-2)25-29-23(27-19-11-13-20(14-12-19)33(35)36)28-24(30-25)31-26-17-18-9-8-10-21(37-3)22(18)34/h8-14,17,34H,4-7,15-16H2,1-3H3,(H2,27,28,29,30,31)/b26-17+. The van der Waals surface area contributed by atoms with Gasteiger partial charge in [0.05, 0.1) is 18.2 Å². The maximum Gasteiger partial charge on any atom is 0.269 e. The van der Waals surface area contributed by atoms with E-state index in [4.69, 9.17) is 4.74 Å². The molecule has 37 heavy (non-hydrogen) atoms. The van der Waals surface area contributed by atoms with Crippen LogP contribution >= 0.6 is 0 Å². The van der Waals surface area contributed by atoms with E-state index in [0.29, 0.717) is 22.9 Å². The molecule has 0 fully saturated rings. The topological polar surface area (TPSA) is 151 Å². The molecular formula is C25H32N8O4. The minimum absolute atomic E-state index is 0.00956. The summed E-state index contributed by atoms with van der Waals surface area (Å²) in [5, 5.41) is 28.5. The SMILES string of the molecule is CCCCN(CCCC)c1nc(N/N=C/c2cccc(OC)c2O)nc(Nc2ccc([N+](=O)[O-])cc2)n1. The Morgan fingerprint density at radius 2 is 1.73 bits per heavy atom. The molecular weight excluding hydrogens is 476 g/mol. The van der Waals surface area contributed by atoms with Gasteiger partial charge in [0, 0.05) is 36.5 Å². The fraction of sp³-hybridized carbons (Fsp3) is 0.360. The number of hydrogen-bond acceptors (Lipinski definition) is 11. The van der Waals surface area contributed by atoms with Gasteiger partial charge in [-0.2, -0.15) is 20.1 Å². The minimum Gasteiger partial charge on any atom is -0.504 e. The summed E-state index contributed by atoms with van der Waals surface area (Å²) in [6.45, 7) is 5.83. The number of nitrogens with one attached hydrogen (secondary N) is 2. The number of nitro groups is 1. The van der Waals surface area contributed by atoms with Crippen LogP contribution in [0, 0.1) is 10.1 Å². The van der Waals surface area contributed by atoms with Crippen LogP contribution in [0.25, 0.3) is 0 Å². The van der Waals surface area contributed by atoms with E-state index >= 15 is 0 Å². The molecule has 3 rings (SSSR count). The Morgan fingerprint density at radius 3 is 2.35 bits per heavy atom. The predicted octanol–water partition coefficient (Wildman–Crippen LogP) is 5.09. The average molecular weight is 509 g/mol. The van der Waals surface area contributed by atoms with Gasteiger partial charge in [-0.3, -0.25) is 10.1 Å². The van der Waals surface area contributed by atoms with E-state index < -0.39 is 4.92 Å². The lowest BCUT2D eigenvalue weighted by Crippen LogP contribution is -2.28. The maximum atomic E-state index is 11.0. The van der Waals surface area contributed by atoms with Crippen molar-refractivity contribution in [2.75, 3.05) is 35.8 Å². The molecule has 0 saturated heterocycles. The third-order valence-corrected chi connectivity index (χ3v) is 5.42. The third-order valence-electron chi connectivity index (χ3n) is 5.42. The van der Waals surface area contributed by atoms with Crippen molar-refractivity contribution in [2.24, 2.45) is 5.10 Å². The smallest absolute Gasteiger partial charge is 0.269 e. The molecule has 0 amide bonds. The molecule has 0 spiro atoms. The first-order valence-electron chi connectivity index (χ1n) is 12.1. The fourth-order valence-corrected chi connectivity index (χ4v) is 3.39. The van der Waals surface area contributed by atoms with E-state index in [1.54, 1.807) is 30.3 Å². The van der Waals surface area contributed by atoms with Gasteiger partial charge < -0.3 is 20.1 Å². The number of phenolic OH excluding ortho intramolecular Hbond substituents is 1. The zero-order valence-electron chi connectivity index (χ0n) is 21.2. The molecule has 1 aromatic heterocycles. The lowest BCUT2D eigenvalue weighted by Gasteiger charge is -2.23. The molecule has 12 heteroatoms. The second kappa shape index (κ2) is 13.6.